The fraction of sp³-hybridized carbons (Fsp3) is 0.364. The number of benzene rings is 2. The topological polar surface area (TPSA) is 92.8 Å². The number of carbonyl (C=O) groups is 2. The van der Waals surface area contributed by atoms with Gasteiger partial charge in [0.05, 0.1) is 12.9 Å². The van der Waals surface area contributed by atoms with E-state index in [4.69, 9.17) is 4.74 Å². The molecule has 0 radical (unpaired) electrons. The molecule has 0 fully saturated rings. The van der Waals surface area contributed by atoms with Crippen molar-refractivity contribution in [2.75, 3.05) is 26.2 Å². The number of sulfone groups is 1. The van der Waals surface area contributed by atoms with Gasteiger partial charge in [0.25, 0.3) is 5.91 Å². The van der Waals surface area contributed by atoms with Gasteiger partial charge in [-0.25, -0.2) is 8.42 Å². The van der Waals surface area contributed by atoms with Crippen molar-refractivity contribution in [3.8, 4) is 5.75 Å². The maximum absolute atomic E-state index is 13.0. The number of carbonyl (C=O) groups excluding carboxylic acids is 2. The van der Waals surface area contributed by atoms with Crippen molar-refractivity contribution in [1.29, 1.82) is 0 Å². The normalized spacial score (nSPS) is 12.1. The molecule has 1 N–H and O–H groups in total. The molecule has 162 valence electrons. The number of rotatable bonds is 9. The number of nitrogens with zero attached hydrogens (tertiary/aromatic N) is 1. The SMILES string of the molecule is COc1cccc(CN(C)C(=O)C(CCS(C)(=O)=O)NC(=O)c2cccc(C)c2)c1. The minimum atomic E-state index is -3.29. The molecule has 2 aromatic rings. The van der Waals surface area contributed by atoms with Crippen molar-refractivity contribution in [3.63, 3.8) is 0 Å². The maximum atomic E-state index is 13.0. The van der Waals surface area contributed by atoms with E-state index >= 15 is 0 Å². The molecule has 2 aromatic carbocycles. The van der Waals surface area contributed by atoms with Crippen LogP contribution in [0.5, 0.6) is 5.75 Å². The van der Waals surface area contributed by atoms with E-state index in [0.717, 1.165) is 17.4 Å². The molecule has 0 aromatic heterocycles. The first-order valence-corrected chi connectivity index (χ1v) is 11.6. The average molecular weight is 433 g/mol. The molecule has 0 saturated carbocycles. The van der Waals surface area contributed by atoms with Crippen LogP contribution in [0.4, 0.5) is 0 Å². The summed E-state index contributed by atoms with van der Waals surface area (Å²) in [5.41, 5.74) is 2.19. The Labute approximate surface area is 178 Å². The Kier molecular flexibility index (Phi) is 8.00. The van der Waals surface area contributed by atoms with Crippen LogP contribution in [0, 0.1) is 6.92 Å². The van der Waals surface area contributed by atoms with Gasteiger partial charge in [0.2, 0.25) is 5.91 Å². The second-order valence-corrected chi connectivity index (χ2v) is 9.62. The molecule has 7 nitrogen and oxygen atoms in total. The third-order valence-corrected chi connectivity index (χ3v) is 5.57. The number of aryl methyl sites for hydroxylation is 1. The molecule has 0 heterocycles. The predicted molar refractivity (Wildman–Crippen MR) is 116 cm³/mol. The second-order valence-electron chi connectivity index (χ2n) is 7.36. The molecule has 8 heteroatoms. The number of methoxy groups -OCH3 is 1. The fourth-order valence-corrected chi connectivity index (χ4v) is 3.67. The van der Waals surface area contributed by atoms with E-state index in [0.29, 0.717) is 17.9 Å². The zero-order chi connectivity index (χ0) is 22.3. The Balaban J connectivity index is 2.17. The van der Waals surface area contributed by atoms with Crippen LogP contribution in [0.2, 0.25) is 0 Å². The maximum Gasteiger partial charge on any atom is 0.251 e. The van der Waals surface area contributed by atoms with Crippen LogP contribution >= 0.6 is 0 Å². The molecule has 0 saturated heterocycles. The monoisotopic (exact) mass is 432 g/mol. The summed E-state index contributed by atoms with van der Waals surface area (Å²) in [6.45, 7) is 2.16. The summed E-state index contributed by atoms with van der Waals surface area (Å²) in [5, 5.41) is 2.70. The first-order valence-electron chi connectivity index (χ1n) is 9.52. The smallest absolute Gasteiger partial charge is 0.251 e. The van der Waals surface area contributed by atoms with Gasteiger partial charge in [-0.05, 0) is 43.2 Å². The van der Waals surface area contributed by atoms with E-state index in [-0.39, 0.29) is 18.1 Å². The largest absolute Gasteiger partial charge is 0.497 e. The number of amides is 2. The van der Waals surface area contributed by atoms with E-state index in [1.807, 2.05) is 37.3 Å². The summed E-state index contributed by atoms with van der Waals surface area (Å²) in [5.74, 6) is -0.303. The van der Waals surface area contributed by atoms with Gasteiger partial charge in [0.1, 0.15) is 21.6 Å². The Morgan fingerprint density at radius 2 is 1.83 bits per heavy atom. The van der Waals surface area contributed by atoms with E-state index in [1.165, 1.54) is 4.90 Å². The minimum Gasteiger partial charge on any atom is -0.497 e. The number of nitrogens with one attached hydrogen (secondary N) is 1. The van der Waals surface area contributed by atoms with Crippen molar-refractivity contribution in [1.82, 2.24) is 10.2 Å². The van der Waals surface area contributed by atoms with Gasteiger partial charge in [0, 0.05) is 25.4 Å². The van der Waals surface area contributed by atoms with Crippen molar-refractivity contribution in [2.24, 2.45) is 0 Å². The van der Waals surface area contributed by atoms with Crippen LogP contribution in [0.15, 0.2) is 48.5 Å². The standard InChI is InChI=1S/C22H28N2O5S/c1-16-7-5-9-18(13-16)21(25)23-20(11-12-30(4,27)28)22(26)24(2)15-17-8-6-10-19(14-17)29-3/h5-10,13-14,20H,11-12,15H2,1-4H3,(H,23,25). The van der Waals surface area contributed by atoms with Crippen LogP contribution in [-0.4, -0.2) is 57.3 Å². The first-order chi connectivity index (χ1) is 14.1. The minimum absolute atomic E-state index is 0.00231. The molecule has 1 atom stereocenters. The van der Waals surface area contributed by atoms with E-state index in [2.05, 4.69) is 5.32 Å². The van der Waals surface area contributed by atoms with Crippen LogP contribution < -0.4 is 10.1 Å². The van der Waals surface area contributed by atoms with Crippen LogP contribution in [0.3, 0.4) is 0 Å². The molecule has 2 amide bonds. The predicted octanol–water partition coefficient (Wildman–Crippen LogP) is 2.20. The first kappa shape index (κ1) is 23.4. The Morgan fingerprint density at radius 3 is 2.47 bits per heavy atom. The van der Waals surface area contributed by atoms with Gasteiger partial charge in [-0.15, -0.1) is 0 Å². The molecule has 0 spiro atoms. The van der Waals surface area contributed by atoms with Crippen LogP contribution in [-0.2, 0) is 21.2 Å². The van der Waals surface area contributed by atoms with Crippen molar-refractivity contribution >= 4 is 21.7 Å². The highest BCUT2D eigenvalue weighted by molar-refractivity contribution is 7.90. The average Bonchev–Trinajstić information content (AvgIpc) is 2.69. The Bertz CT molecular complexity index is 1000. The number of hydrogen-bond donors (Lipinski definition) is 1. The molecule has 0 aliphatic rings. The zero-order valence-electron chi connectivity index (χ0n) is 17.7. The molecule has 30 heavy (non-hydrogen) atoms. The van der Waals surface area contributed by atoms with E-state index in [1.54, 1.807) is 32.4 Å². The van der Waals surface area contributed by atoms with Crippen molar-refractivity contribution < 1.29 is 22.7 Å². The second kappa shape index (κ2) is 10.2. The van der Waals surface area contributed by atoms with Crippen LogP contribution in [0.25, 0.3) is 0 Å². The lowest BCUT2D eigenvalue weighted by Gasteiger charge is -2.25. The lowest BCUT2D eigenvalue weighted by atomic mass is 10.1. The quantitative estimate of drug-likeness (QED) is 0.656. The molecule has 1 unspecified atom stereocenters. The highest BCUT2D eigenvalue weighted by atomic mass is 32.2. The lowest BCUT2D eigenvalue weighted by Crippen LogP contribution is -2.48. The van der Waals surface area contributed by atoms with Gasteiger partial charge in [-0.3, -0.25) is 9.59 Å². The molecule has 0 aliphatic heterocycles. The van der Waals surface area contributed by atoms with Gasteiger partial charge in [0.15, 0.2) is 0 Å². The van der Waals surface area contributed by atoms with Crippen molar-refractivity contribution in [3.05, 3.63) is 65.2 Å². The molecule has 0 bridgehead atoms. The Morgan fingerprint density at radius 1 is 1.13 bits per heavy atom. The van der Waals surface area contributed by atoms with Crippen molar-refractivity contribution in [2.45, 2.75) is 25.9 Å². The summed E-state index contributed by atoms with van der Waals surface area (Å²) >= 11 is 0. The highest BCUT2D eigenvalue weighted by Gasteiger charge is 2.26. The molecular weight excluding hydrogens is 404 g/mol. The van der Waals surface area contributed by atoms with Gasteiger partial charge < -0.3 is 15.0 Å². The molecule has 2 rings (SSSR count). The number of ether oxygens (including phenoxy) is 1. The van der Waals surface area contributed by atoms with E-state index in [9.17, 15) is 18.0 Å². The van der Waals surface area contributed by atoms with Gasteiger partial charge in [-0.2, -0.15) is 0 Å². The summed E-state index contributed by atoms with van der Waals surface area (Å²) in [6, 6.07) is 13.4. The summed E-state index contributed by atoms with van der Waals surface area (Å²) < 4.78 is 28.5. The molecule has 0 aliphatic carbocycles. The Hall–Kier alpha value is -2.87. The molecular formula is C22H28N2O5S. The number of likely N-dealkylation sites (N-methyl/N-ethyl adjacent to an activating group) is 1. The number of hydrogen-bond acceptors (Lipinski definition) is 5. The third-order valence-electron chi connectivity index (χ3n) is 4.59. The third kappa shape index (κ3) is 7.18. The van der Waals surface area contributed by atoms with E-state index < -0.39 is 21.8 Å². The summed E-state index contributed by atoms with van der Waals surface area (Å²) in [6.07, 6.45) is 1.11. The summed E-state index contributed by atoms with van der Waals surface area (Å²) in [7, 11) is -0.107. The van der Waals surface area contributed by atoms with Gasteiger partial charge in [-0.1, -0.05) is 29.8 Å². The summed E-state index contributed by atoms with van der Waals surface area (Å²) in [4.78, 5) is 27.2. The van der Waals surface area contributed by atoms with Gasteiger partial charge >= 0.3 is 0 Å². The highest BCUT2D eigenvalue weighted by Crippen LogP contribution is 2.15. The lowest BCUT2D eigenvalue weighted by molar-refractivity contribution is -0.132. The fourth-order valence-electron chi connectivity index (χ4n) is 3.01. The van der Waals surface area contributed by atoms with Crippen LogP contribution in [0.1, 0.15) is 27.9 Å². The zero-order valence-corrected chi connectivity index (χ0v) is 18.5.